The van der Waals surface area contributed by atoms with Crippen LogP contribution in [0.15, 0.2) is 60.7 Å². The van der Waals surface area contributed by atoms with Gasteiger partial charge in [-0.15, -0.1) is 0 Å². The molecule has 2 N–H and O–H groups in total. The molecule has 6 nitrogen and oxygen atoms in total. The van der Waals surface area contributed by atoms with Crippen molar-refractivity contribution in [3.8, 4) is 5.75 Å². The monoisotopic (exact) mass is 395 g/mol. The molecule has 0 spiro atoms. The molecular formula is C21H18ClN3O3. The van der Waals surface area contributed by atoms with E-state index >= 15 is 0 Å². The molecule has 1 heterocycles. The molecule has 0 aliphatic rings. The summed E-state index contributed by atoms with van der Waals surface area (Å²) in [6.07, 6.45) is 0. The zero-order valence-corrected chi connectivity index (χ0v) is 16.1. The maximum absolute atomic E-state index is 12.5. The molecule has 0 saturated carbocycles. The smallest absolute Gasteiger partial charge is 0.274 e. The van der Waals surface area contributed by atoms with Gasteiger partial charge in [0.25, 0.3) is 11.8 Å². The highest BCUT2D eigenvalue weighted by molar-refractivity contribution is 6.31. The fourth-order valence-electron chi connectivity index (χ4n) is 2.51. The fourth-order valence-corrected chi connectivity index (χ4v) is 2.69. The Labute approximate surface area is 167 Å². The summed E-state index contributed by atoms with van der Waals surface area (Å²) < 4.78 is 5.14. The highest BCUT2D eigenvalue weighted by atomic mass is 35.5. The second-order valence-electron chi connectivity index (χ2n) is 5.96. The summed E-state index contributed by atoms with van der Waals surface area (Å²) in [5.41, 5.74) is 2.15. The van der Waals surface area contributed by atoms with Gasteiger partial charge < -0.3 is 15.4 Å². The number of halogens is 1. The van der Waals surface area contributed by atoms with Gasteiger partial charge in [-0.05, 0) is 48.9 Å². The summed E-state index contributed by atoms with van der Waals surface area (Å²) in [6, 6.07) is 16.9. The molecular weight excluding hydrogens is 378 g/mol. The maximum atomic E-state index is 12.5. The number of pyridine rings is 1. The van der Waals surface area contributed by atoms with E-state index in [4.69, 9.17) is 16.3 Å². The molecule has 3 rings (SSSR count). The first-order valence-electron chi connectivity index (χ1n) is 8.47. The van der Waals surface area contributed by atoms with E-state index < -0.39 is 11.8 Å². The van der Waals surface area contributed by atoms with Crippen LogP contribution in [0.4, 0.5) is 11.4 Å². The van der Waals surface area contributed by atoms with E-state index in [-0.39, 0.29) is 11.4 Å². The molecule has 3 aromatic rings. The first-order chi connectivity index (χ1) is 13.5. The molecule has 0 atom stereocenters. The van der Waals surface area contributed by atoms with Gasteiger partial charge in [-0.1, -0.05) is 29.8 Å². The average molecular weight is 396 g/mol. The second-order valence-corrected chi connectivity index (χ2v) is 6.37. The van der Waals surface area contributed by atoms with Gasteiger partial charge in [-0.3, -0.25) is 9.59 Å². The SMILES string of the molecule is COc1cccc(NC(=O)c2cccc(C(=O)Nc3cccc(Cl)c3C)n2)c1. The fraction of sp³-hybridized carbons (Fsp3) is 0.0952. The number of nitrogens with zero attached hydrogens (tertiary/aromatic N) is 1. The Morgan fingerprint density at radius 1 is 0.929 bits per heavy atom. The van der Waals surface area contributed by atoms with E-state index in [1.807, 2.05) is 6.92 Å². The molecule has 0 aliphatic carbocycles. The van der Waals surface area contributed by atoms with Crippen molar-refractivity contribution in [1.29, 1.82) is 0 Å². The minimum Gasteiger partial charge on any atom is -0.497 e. The maximum Gasteiger partial charge on any atom is 0.274 e. The van der Waals surface area contributed by atoms with Crippen molar-refractivity contribution >= 4 is 34.8 Å². The van der Waals surface area contributed by atoms with Crippen LogP contribution in [0.5, 0.6) is 5.75 Å². The average Bonchev–Trinajstić information content (AvgIpc) is 2.71. The number of hydrogen-bond acceptors (Lipinski definition) is 4. The number of carbonyl (C=O) groups is 2. The van der Waals surface area contributed by atoms with Crippen LogP contribution in [0, 0.1) is 6.92 Å². The Morgan fingerprint density at radius 3 is 2.29 bits per heavy atom. The van der Waals surface area contributed by atoms with E-state index in [9.17, 15) is 9.59 Å². The number of ether oxygens (including phenoxy) is 1. The predicted molar refractivity (Wildman–Crippen MR) is 109 cm³/mol. The van der Waals surface area contributed by atoms with Gasteiger partial charge in [0.1, 0.15) is 17.1 Å². The first kappa shape index (κ1) is 19.4. The molecule has 0 fully saturated rings. The van der Waals surface area contributed by atoms with Gasteiger partial charge in [0.15, 0.2) is 0 Å². The lowest BCUT2D eigenvalue weighted by Crippen LogP contribution is -2.18. The summed E-state index contributed by atoms with van der Waals surface area (Å²) in [4.78, 5) is 29.2. The summed E-state index contributed by atoms with van der Waals surface area (Å²) in [7, 11) is 1.55. The third-order valence-corrected chi connectivity index (χ3v) is 4.47. The highest BCUT2D eigenvalue weighted by Gasteiger charge is 2.14. The lowest BCUT2D eigenvalue weighted by Gasteiger charge is -2.10. The van der Waals surface area contributed by atoms with Crippen molar-refractivity contribution in [2.45, 2.75) is 6.92 Å². The van der Waals surface area contributed by atoms with Crippen molar-refractivity contribution in [3.05, 3.63) is 82.6 Å². The van der Waals surface area contributed by atoms with Crippen molar-refractivity contribution < 1.29 is 14.3 Å². The Balaban J connectivity index is 1.76. The van der Waals surface area contributed by atoms with Crippen molar-refractivity contribution in [3.63, 3.8) is 0 Å². The minimum absolute atomic E-state index is 0.123. The second kappa shape index (κ2) is 8.54. The normalized spacial score (nSPS) is 10.2. The topological polar surface area (TPSA) is 80.3 Å². The molecule has 0 radical (unpaired) electrons. The van der Waals surface area contributed by atoms with Crippen LogP contribution < -0.4 is 15.4 Å². The molecule has 0 aliphatic heterocycles. The number of rotatable bonds is 5. The number of nitrogens with one attached hydrogen (secondary N) is 2. The van der Waals surface area contributed by atoms with Crippen LogP contribution in [0.2, 0.25) is 5.02 Å². The molecule has 142 valence electrons. The molecule has 1 aromatic heterocycles. The largest absolute Gasteiger partial charge is 0.497 e. The van der Waals surface area contributed by atoms with Crippen molar-refractivity contribution in [1.82, 2.24) is 4.98 Å². The number of anilines is 2. The third kappa shape index (κ3) is 4.47. The molecule has 28 heavy (non-hydrogen) atoms. The van der Waals surface area contributed by atoms with E-state index in [2.05, 4.69) is 15.6 Å². The van der Waals surface area contributed by atoms with Gasteiger partial charge in [0, 0.05) is 22.5 Å². The van der Waals surface area contributed by atoms with Gasteiger partial charge in [-0.25, -0.2) is 4.98 Å². The summed E-state index contributed by atoms with van der Waals surface area (Å²) in [5, 5.41) is 6.05. The van der Waals surface area contributed by atoms with Gasteiger partial charge in [0.2, 0.25) is 0 Å². The lowest BCUT2D eigenvalue weighted by molar-refractivity contribution is 0.101. The molecule has 0 unspecified atom stereocenters. The van der Waals surface area contributed by atoms with E-state index in [0.717, 1.165) is 5.56 Å². The standard InChI is InChI=1S/C21H18ClN3O3/c1-13-16(22)8-4-9-17(13)25-21(27)19-11-5-10-18(24-19)20(26)23-14-6-3-7-15(12-14)28-2/h3-12H,1-2H3,(H,23,26)(H,25,27). The van der Waals surface area contributed by atoms with Crippen molar-refractivity contribution in [2.75, 3.05) is 17.7 Å². The summed E-state index contributed by atoms with van der Waals surface area (Å²) in [6.45, 7) is 1.81. The third-order valence-electron chi connectivity index (χ3n) is 4.06. The zero-order valence-electron chi connectivity index (χ0n) is 15.3. The minimum atomic E-state index is -0.429. The Hall–Kier alpha value is -3.38. The molecule has 0 saturated heterocycles. The van der Waals surface area contributed by atoms with Crippen LogP contribution >= 0.6 is 11.6 Å². The number of amides is 2. The van der Waals surface area contributed by atoms with E-state index in [1.165, 1.54) is 12.1 Å². The quantitative estimate of drug-likeness (QED) is 0.663. The van der Waals surface area contributed by atoms with Crippen LogP contribution in [0.3, 0.4) is 0 Å². The number of hydrogen-bond donors (Lipinski definition) is 2. The Kier molecular flexibility index (Phi) is 5.91. The predicted octanol–water partition coefficient (Wildman–Crippen LogP) is 4.56. The van der Waals surface area contributed by atoms with Gasteiger partial charge in [-0.2, -0.15) is 0 Å². The Morgan fingerprint density at radius 2 is 1.57 bits per heavy atom. The molecule has 2 amide bonds. The van der Waals surface area contributed by atoms with Crippen LogP contribution in [0.25, 0.3) is 0 Å². The number of aromatic nitrogens is 1. The van der Waals surface area contributed by atoms with Gasteiger partial charge >= 0.3 is 0 Å². The van der Waals surface area contributed by atoms with E-state index in [1.54, 1.807) is 55.6 Å². The molecule has 0 bridgehead atoms. The van der Waals surface area contributed by atoms with Crippen LogP contribution in [0.1, 0.15) is 26.5 Å². The lowest BCUT2D eigenvalue weighted by atomic mass is 10.2. The summed E-state index contributed by atoms with van der Waals surface area (Å²) >= 11 is 6.08. The number of benzene rings is 2. The van der Waals surface area contributed by atoms with Gasteiger partial charge in [0.05, 0.1) is 7.11 Å². The van der Waals surface area contributed by atoms with Crippen LogP contribution in [-0.2, 0) is 0 Å². The number of carbonyl (C=O) groups excluding carboxylic acids is 2. The first-order valence-corrected chi connectivity index (χ1v) is 8.84. The summed E-state index contributed by atoms with van der Waals surface area (Å²) in [5.74, 6) is -0.237. The molecule has 7 heteroatoms. The van der Waals surface area contributed by atoms with Crippen LogP contribution in [-0.4, -0.2) is 23.9 Å². The molecule has 2 aromatic carbocycles. The highest BCUT2D eigenvalue weighted by Crippen LogP contribution is 2.23. The Bertz CT molecular complexity index is 1040. The zero-order chi connectivity index (χ0) is 20.1. The van der Waals surface area contributed by atoms with E-state index in [0.29, 0.717) is 22.1 Å². The number of methoxy groups -OCH3 is 1. The van der Waals surface area contributed by atoms with Crippen molar-refractivity contribution in [2.24, 2.45) is 0 Å².